The van der Waals surface area contributed by atoms with Gasteiger partial charge in [-0.1, -0.05) is 6.08 Å². The summed E-state index contributed by atoms with van der Waals surface area (Å²) in [6, 6.07) is 4.00. The second-order valence-corrected chi connectivity index (χ2v) is 4.08. The third-order valence-electron chi connectivity index (χ3n) is 2.03. The highest BCUT2D eigenvalue weighted by molar-refractivity contribution is 9.10. The van der Waals surface area contributed by atoms with E-state index in [-0.39, 0.29) is 6.04 Å². The van der Waals surface area contributed by atoms with E-state index in [4.69, 9.17) is 0 Å². The summed E-state index contributed by atoms with van der Waals surface area (Å²) in [5.41, 5.74) is 0.802. The van der Waals surface area contributed by atoms with Crippen LogP contribution in [0.2, 0.25) is 0 Å². The summed E-state index contributed by atoms with van der Waals surface area (Å²) in [5, 5.41) is 7.40. The second kappa shape index (κ2) is 4.02. The van der Waals surface area contributed by atoms with E-state index < -0.39 is 0 Å². The summed E-state index contributed by atoms with van der Waals surface area (Å²) >= 11 is 3.42. The van der Waals surface area contributed by atoms with Crippen LogP contribution >= 0.6 is 15.9 Å². The van der Waals surface area contributed by atoms with Gasteiger partial charge in [-0.25, -0.2) is 4.52 Å². The molecule has 0 aliphatic carbocycles. The summed E-state index contributed by atoms with van der Waals surface area (Å²) in [6.45, 7) is 5.69. The molecule has 0 fully saturated rings. The molecule has 78 valence electrons. The van der Waals surface area contributed by atoms with Crippen molar-refractivity contribution in [2.75, 3.05) is 5.32 Å². The van der Waals surface area contributed by atoms with Crippen LogP contribution in [-0.2, 0) is 0 Å². The Morgan fingerprint density at radius 1 is 1.67 bits per heavy atom. The first-order valence-electron chi connectivity index (χ1n) is 4.60. The third kappa shape index (κ3) is 2.02. The van der Waals surface area contributed by atoms with Crippen LogP contribution in [0, 0.1) is 0 Å². The van der Waals surface area contributed by atoms with Gasteiger partial charge in [0.05, 0.1) is 4.47 Å². The first-order chi connectivity index (χ1) is 7.20. The Labute approximate surface area is 96.1 Å². The largest absolute Gasteiger partial charge is 0.347 e. The van der Waals surface area contributed by atoms with E-state index in [1.54, 1.807) is 10.6 Å². The van der Waals surface area contributed by atoms with Crippen LogP contribution < -0.4 is 5.32 Å². The van der Waals surface area contributed by atoms with Gasteiger partial charge in [0.15, 0.2) is 5.65 Å². The van der Waals surface area contributed by atoms with Gasteiger partial charge in [0, 0.05) is 12.2 Å². The number of rotatable bonds is 3. The van der Waals surface area contributed by atoms with Crippen molar-refractivity contribution in [2.24, 2.45) is 0 Å². The molecule has 2 heterocycles. The van der Waals surface area contributed by atoms with E-state index in [1.165, 1.54) is 0 Å². The molecule has 0 aliphatic rings. The van der Waals surface area contributed by atoms with E-state index in [9.17, 15) is 0 Å². The Hall–Kier alpha value is -1.36. The zero-order valence-corrected chi connectivity index (χ0v) is 9.90. The van der Waals surface area contributed by atoms with Gasteiger partial charge in [-0.3, -0.25) is 0 Å². The Kier molecular flexibility index (Phi) is 2.73. The molecule has 4 nitrogen and oxygen atoms in total. The standard InChI is InChI=1S/C10H11BrN4/c1-3-7(2)12-10-13-9-8(11)5-4-6-15(9)14-10/h3-7H,1H2,2H3,(H,12,14). The molecule has 5 heteroatoms. The predicted molar refractivity (Wildman–Crippen MR) is 64.0 cm³/mol. The molecule has 15 heavy (non-hydrogen) atoms. The Morgan fingerprint density at radius 2 is 2.47 bits per heavy atom. The van der Waals surface area contributed by atoms with Crippen molar-refractivity contribution in [1.82, 2.24) is 14.6 Å². The second-order valence-electron chi connectivity index (χ2n) is 3.23. The lowest BCUT2D eigenvalue weighted by Crippen LogP contribution is -2.12. The molecule has 1 N–H and O–H groups in total. The maximum absolute atomic E-state index is 4.35. The van der Waals surface area contributed by atoms with Crippen molar-refractivity contribution >= 4 is 27.5 Å². The molecule has 0 saturated heterocycles. The van der Waals surface area contributed by atoms with Gasteiger partial charge in [-0.2, -0.15) is 4.98 Å². The molecule has 0 radical (unpaired) electrons. The van der Waals surface area contributed by atoms with E-state index in [1.807, 2.05) is 25.3 Å². The van der Waals surface area contributed by atoms with Gasteiger partial charge in [0.2, 0.25) is 5.95 Å². The monoisotopic (exact) mass is 266 g/mol. The molecular weight excluding hydrogens is 256 g/mol. The van der Waals surface area contributed by atoms with Crippen LogP contribution in [0.3, 0.4) is 0 Å². The van der Waals surface area contributed by atoms with Gasteiger partial charge in [-0.05, 0) is 35.0 Å². The van der Waals surface area contributed by atoms with Gasteiger partial charge < -0.3 is 5.32 Å². The fourth-order valence-corrected chi connectivity index (χ4v) is 1.62. The molecule has 0 amide bonds. The first kappa shape index (κ1) is 10.2. The van der Waals surface area contributed by atoms with Crippen LogP contribution in [0.15, 0.2) is 35.5 Å². The fraction of sp³-hybridized carbons (Fsp3) is 0.200. The first-order valence-corrected chi connectivity index (χ1v) is 5.40. The molecule has 0 aliphatic heterocycles. The molecule has 2 aromatic heterocycles. The van der Waals surface area contributed by atoms with Gasteiger partial charge in [0.1, 0.15) is 0 Å². The van der Waals surface area contributed by atoms with Crippen LogP contribution in [0.1, 0.15) is 6.92 Å². The highest BCUT2D eigenvalue weighted by Crippen LogP contribution is 2.16. The topological polar surface area (TPSA) is 42.2 Å². The Bertz CT molecular complexity index is 491. The molecule has 2 rings (SSSR count). The van der Waals surface area contributed by atoms with Crippen LogP contribution in [-0.4, -0.2) is 20.6 Å². The van der Waals surface area contributed by atoms with Crippen molar-refractivity contribution < 1.29 is 0 Å². The quantitative estimate of drug-likeness (QED) is 0.869. The molecular formula is C10H11BrN4. The highest BCUT2D eigenvalue weighted by atomic mass is 79.9. The maximum atomic E-state index is 4.35. The number of hydrogen-bond donors (Lipinski definition) is 1. The fourth-order valence-electron chi connectivity index (χ4n) is 1.20. The van der Waals surface area contributed by atoms with Gasteiger partial charge in [0.25, 0.3) is 0 Å². The number of hydrogen-bond acceptors (Lipinski definition) is 3. The Balaban J connectivity index is 2.39. The van der Waals surface area contributed by atoms with E-state index in [0.717, 1.165) is 10.1 Å². The van der Waals surface area contributed by atoms with Gasteiger partial charge >= 0.3 is 0 Å². The van der Waals surface area contributed by atoms with E-state index >= 15 is 0 Å². The minimum absolute atomic E-state index is 0.154. The molecule has 0 saturated carbocycles. The lowest BCUT2D eigenvalue weighted by molar-refractivity contribution is 0.921. The molecule has 1 unspecified atom stereocenters. The number of fused-ring (bicyclic) bond motifs is 1. The van der Waals surface area contributed by atoms with Crippen molar-refractivity contribution in [2.45, 2.75) is 13.0 Å². The number of nitrogens with zero attached hydrogens (tertiary/aromatic N) is 3. The SMILES string of the molecule is C=CC(C)Nc1nc2c(Br)cccn2n1. The van der Waals surface area contributed by atoms with Crippen LogP contribution in [0.25, 0.3) is 5.65 Å². The minimum Gasteiger partial charge on any atom is -0.347 e. The summed E-state index contributed by atoms with van der Waals surface area (Å²) in [7, 11) is 0. The molecule has 1 atom stereocenters. The highest BCUT2D eigenvalue weighted by Gasteiger charge is 2.06. The lowest BCUT2D eigenvalue weighted by atomic mass is 10.3. The average Bonchev–Trinajstić information content (AvgIpc) is 2.62. The smallest absolute Gasteiger partial charge is 0.243 e. The van der Waals surface area contributed by atoms with Crippen LogP contribution in [0.5, 0.6) is 0 Å². The van der Waals surface area contributed by atoms with Crippen LogP contribution in [0.4, 0.5) is 5.95 Å². The van der Waals surface area contributed by atoms with E-state index in [0.29, 0.717) is 5.95 Å². The minimum atomic E-state index is 0.154. The summed E-state index contributed by atoms with van der Waals surface area (Å²) in [6.07, 6.45) is 3.66. The zero-order valence-electron chi connectivity index (χ0n) is 8.31. The molecule has 0 aromatic carbocycles. The lowest BCUT2D eigenvalue weighted by Gasteiger charge is -2.04. The molecule has 2 aromatic rings. The number of aromatic nitrogens is 3. The van der Waals surface area contributed by atoms with Crippen molar-refractivity contribution in [1.29, 1.82) is 0 Å². The van der Waals surface area contributed by atoms with Crippen molar-refractivity contribution in [3.8, 4) is 0 Å². The van der Waals surface area contributed by atoms with Gasteiger partial charge in [-0.15, -0.1) is 11.7 Å². The van der Waals surface area contributed by atoms with Crippen molar-refractivity contribution in [3.05, 3.63) is 35.5 Å². The third-order valence-corrected chi connectivity index (χ3v) is 2.64. The summed E-state index contributed by atoms with van der Waals surface area (Å²) in [4.78, 5) is 4.35. The molecule has 0 bridgehead atoms. The molecule has 0 spiro atoms. The number of halogens is 1. The number of pyridine rings is 1. The number of anilines is 1. The van der Waals surface area contributed by atoms with E-state index in [2.05, 4.69) is 37.9 Å². The summed E-state index contributed by atoms with van der Waals surface area (Å²) in [5.74, 6) is 0.606. The van der Waals surface area contributed by atoms with Crippen molar-refractivity contribution in [3.63, 3.8) is 0 Å². The number of nitrogens with one attached hydrogen (secondary N) is 1. The predicted octanol–water partition coefficient (Wildman–Crippen LogP) is 2.48. The Morgan fingerprint density at radius 3 is 3.13 bits per heavy atom. The average molecular weight is 267 g/mol. The maximum Gasteiger partial charge on any atom is 0.243 e. The summed E-state index contributed by atoms with van der Waals surface area (Å²) < 4.78 is 2.65. The normalized spacial score (nSPS) is 12.7. The zero-order chi connectivity index (χ0) is 10.8.